The third kappa shape index (κ3) is 4.65. The Hall–Kier alpha value is -3.25. The van der Waals surface area contributed by atoms with Gasteiger partial charge in [0.15, 0.2) is 0 Å². The average molecular weight is 450 g/mol. The molecule has 0 bridgehead atoms. The highest BCUT2D eigenvalue weighted by Crippen LogP contribution is 2.37. The van der Waals surface area contributed by atoms with E-state index in [4.69, 9.17) is 9.15 Å². The third-order valence-electron chi connectivity index (χ3n) is 5.12. The van der Waals surface area contributed by atoms with Gasteiger partial charge in [-0.1, -0.05) is 68.4 Å². The summed E-state index contributed by atoms with van der Waals surface area (Å²) in [6, 6.07) is 24.6. The van der Waals surface area contributed by atoms with Crippen LogP contribution in [0.1, 0.15) is 25.2 Å². The van der Waals surface area contributed by atoms with Gasteiger partial charge in [0.2, 0.25) is 5.09 Å². The molecule has 1 aromatic heterocycles. The van der Waals surface area contributed by atoms with Gasteiger partial charge in [-0.15, -0.1) is 0 Å². The number of hydrogen-bond donors (Lipinski definition) is 0. The summed E-state index contributed by atoms with van der Waals surface area (Å²) in [6.07, 6.45) is 0. The molecule has 4 rings (SSSR count). The lowest BCUT2D eigenvalue weighted by Crippen LogP contribution is -2.34. The molecule has 0 atom stereocenters. The summed E-state index contributed by atoms with van der Waals surface area (Å²) in [5, 5.41) is 1.85. The number of ether oxygens (including phenoxy) is 1. The van der Waals surface area contributed by atoms with Gasteiger partial charge in [0, 0.05) is 6.54 Å². The normalized spacial score (nSPS) is 11.8. The van der Waals surface area contributed by atoms with Gasteiger partial charge >= 0.3 is 0 Å². The zero-order chi connectivity index (χ0) is 22.7. The molecule has 1 heterocycles. The first-order valence-corrected chi connectivity index (χ1v) is 12.1. The zero-order valence-electron chi connectivity index (χ0n) is 18.5. The Balaban J connectivity index is 1.84. The van der Waals surface area contributed by atoms with E-state index < -0.39 is 10.0 Å². The summed E-state index contributed by atoms with van der Waals surface area (Å²) in [5.41, 5.74) is 1.51. The van der Waals surface area contributed by atoms with Crippen molar-refractivity contribution in [1.29, 1.82) is 0 Å². The highest BCUT2D eigenvalue weighted by Gasteiger charge is 2.31. The first kappa shape index (κ1) is 22.0. The number of furan rings is 1. The molecule has 32 heavy (non-hydrogen) atoms. The molecule has 166 valence electrons. The molecule has 0 N–H and O–H groups in total. The van der Waals surface area contributed by atoms with Gasteiger partial charge in [0.25, 0.3) is 10.0 Å². The van der Waals surface area contributed by atoms with Crippen LogP contribution < -0.4 is 9.04 Å². The van der Waals surface area contributed by atoms with E-state index in [-0.39, 0.29) is 11.0 Å². The van der Waals surface area contributed by atoms with Crippen LogP contribution in [0.3, 0.4) is 0 Å². The minimum Gasteiger partial charge on any atom is -0.487 e. The lowest BCUT2D eigenvalue weighted by molar-refractivity contribution is 0.307. The predicted molar refractivity (Wildman–Crippen MR) is 128 cm³/mol. The van der Waals surface area contributed by atoms with E-state index in [1.807, 2.05) is 80.6 Å². The van der Waals surface area contributed by atoms with E-state index in [2.05, 4.69) is 0 Å². The van der Waals surface area contributed by atoms with E-state index in [0.29, 0.717) is 30.3 Å². The summed E-state index contributed by atoms with van der Waals surface area (Å²) in [6.45, 7) is 6.34. The van der Waals surface area contributed by atoms with Gasteiger partial charge in [0.05, 0.1) is 5.69 Å². The average Bonchev–Trinajstić information content (AvgIpc) is 3.23. The zero-order valence-corrected chi connectivity index (χ0v) is 19.3. The van der Waals surface area contributed by atoms with Gasteiger partial charge in [-0.3, -0.25) is 4.31 Å². The Bertz CT molecular complexity index is 1310. The molecule has 0 saturated heterocycles. The highest BCUT2D eigenvalue weighted by molar-refractivity contribution is 7.92. The molecular formula is C26H27NO4S. The van der Waals surface area contributed by atoms with Crippen LogP contribution in [0, 0.1) is 12.8 Å². The molecule has 5 nitrogen and oxygen atoms in total. The van der Waals surface area contributed by atoms with Crippen molar-refractivity contribution < 1.29 is 17.6 Å². The van der Waals surface area contributed by atoms with Crippen molar-refractivity contribution in [1.82, 2.24) is 0 Å². The maximum Gasteiger partial charge on any atom is 0.297 e. The van der Waals surface area contributed by atoms with Crippen LogP contribution in [0.15, 0.2) is 88.4 Å². The summed E-state index contributed by atoms with van der Waals surface area (Å²) in [4.78, 5) is 0. The number of anilines is 1. The maximum absolute atomic E-state index is 13.6. The van der Waals surface area contributed by atoms with Crippen LogP contribution in [0.4, 0.5) is 5.69 Å². The van der Waals surface area contributed by atoms with Gasteiger partial charge in [0.1, 0.15) is 18.1 Å². The van der Waals surface area contributed by atoms with Crippen molar-refractivity contribution in [2.24, 2.45) is 5.92 Å². The molecule has 4 aromatic rings. The number of aryl methyl sites for hydroxylation is 1. The summed E-state index contributed by atoms with van der Waals surface area (Å²) >= 11 is 0. The van der Waals surface area contributed by atoms with Crippen LogP contribution >= 0.6 is 0 Å². The first-order chi connectivity index (χ1) is 15.3. The van der Waals surface area contributed by atoms with Gasteiger partial charge in [-0.2, -0.15) is 8.42 Å². The van der Waals surface area contributed by atoms with Crippen molar-refractivity contribution in [3.63, 3.8) is 0 Å². The number of nitrogens with zero attached hydrogens (tertiary/aromatic N) is 1. The van der Waals surface area contributed by atoms with Crippen LogP contribution in [0.2, 0.25) is 0 Å². The summed E-state index contributed by atoms with van der Waals surface area (Å²) in [5.74, 6) is 1.15. The second-order valence-electron chi connectivity index (χ2n) is 8.24. The molecule has 0 aliphatic rings. The Kier molecular flexibility index (Phi) is 6.24. The lowest BCUT2D eigenvalue weighted by Gasteiger charge is -2.27. The number of rotatable bonds is 8. The smallest absolute Gasteiger partial charge is 0.297 e. The summed E-state index contributed by atoms with van der Waals surface area (Å²) < 4.78 is 40.4. The fourth-order valence-corrected chi connectivity index (χ4v) is 5.16. The number of benzene rings is 3. The quantitative estimate of drug-likeness (QED) is 0.323. The standard InChI is InChI=1S/C26H27NO4S/c1-19(2)17-27(32(28,29)26-14-13-20(3)31-26)24-15-22-11-7-8-12-23(22)16-25(24)30-18-21-9-5-4-6-10-21/h4-16,19H,17-18H2,1-3H3. The van der Waals surface area contributed by atoms with Crippen molar-refractivity contribution >= 4 is 26.5 Å². The van der Waals surface area contributed by atoms with Crippen LogP contribution in [-0.4, -0.2) is 15.0 Å². The molecule has 0 unspecified atom stereocenters. The van der Waals surface area contributed by atoms with Crippen molar-refractivity contribution in [3.8, 4) is 5.75 Å². The Morgan fingerprint density at radius 1 is 0.906 bits per heavy atom. The van der Waals surface area contributed by atoms with Crippen molar-refractivity contribution in [2.75, 3.05) is 10.8 Å². The minimum absolute atomic E-state index is 0.0715. The molecular weight excluding hydrogens is 422 g/mol. The minimum atomic E-state index is -3.92. The molecule has 0 amide bonds. The van der Waals surface area contributed by atoms with Gasteiger partial charge < -0.3 is 9.15 Å². The lowest BCUT2D eigenvalue weighted by atomic mass is 10.1. The van der Waals surface area contributed by atoms with E-state index in [0.717, 1.165) is 16.3 Å². The molecule has 0 aliphatic heterocycles. The highest BCUT2D eigenvalue weighted by atomic mass is 32.2. The molecule has 0 fully saturated rings. The Labute approximate surface area is 189 Å². The third-order valence-corrected chi connectivity index (χ3v) is 6.78. The van der Waals surface area contributed by atoms with Crippen LogP contribution in [0.5, 0.6) is 5.75 Å². The monoisotopic (exact) mass is 449 g/mol. The topological polar surface area (TPSA) is 59.8 Å². The molecule has 0 saturated carbocycles. The Morgan fingerprint density at radius 2 is 1.56 bits per heavy atom. The molecule has 6 heteroatoms. The van der Waals surface area contributed by atoms with E-state index in [9.17, 15) is 8.42 Å². The largest absolute Gasteiger partial charge is 0.487 e. The molecule has 0 radical (unpaired) electrons. The molecule has 0 aliphatic carbocycles. The molecule has 0 spiro atoms. The number of hydrogen-bond acceptors (Lipinski definition) is 4. The van der Waals surface area contributed by atoms with E-state index >= 15 is 0 Å². The fourth-order valence-electron chi connectivity index (χ4n) is 3.57. The molecule has 3 aromatic carbocycles. The second-order valence-corrected chi connectivity index (χ2v) is 10.0. The van der Waals surface area contributed by atoms with E-state index in [1.165, 1.54) is 10.4 Å². The Morgan fingerprint density at radius 3 is 2.19 bits per heavy atom. The van der Waals surface area contributed by atoms with Crippen molar-refractivity contribution in [2.45, 2.75) is 32.5 Å². The van der Waals surface area contributed by atoms with Crippen molar-refractivity contribution in [3.05, 3.63) is 90.2 Å². The van der Waals surface area contributed by atoms with Crippen LogP contribution in [0.25, 0.3) is 10.8 Å². The summed E-state index contributed by atoms with van der Waals surface area (Å²) in [7, 11) is -3.92. The van der Waals surface area contributed by atoms with Gasteiger partial charge in [-0.05, 0) is 53.4 Å². The second kappa shape index (κ2) is 9.09. The fraction of sp³-hybridized carbons (Fsp3) is 0.231. The van der Waals surface area contributed by atoms with Gasteiger partial charge in [-0.25, -0.2) is 0 Å². The predicted octanol–water partition coefficient (Wildman–Crippen LogP) is 6.17. The number of sulfonamides is 1. The first-order valence-electron chi connectivity index (χ1n) is 10.6. The number of fused-ring (bicyclic) bond motifs is 1. The van der Waals surface area contributed by atoms with E-state index in [1.54, 1.807) is 13.0 Å². The maximum atomic E-state index is 13.6. The SMILES string of the molecule is Cc1ccc(S(=O)(=O)N(CC(C)C)c2cc3ccccc3cc2OCc2ccccc2)o1. The van der Waals surface area contributed by atoms with Crippen LogP contribution in [-0.2, 0) is 16.6 Å².